The van der Waals surface area contributed by atoms with Gasteiger partial charge in [-0.15, -0.1) is 0 Å². The van der Waals surface area contributed by atoms with Gasteiger partial charge in [0.25, 0.3) is 0 Å². The Morgan fingerprint density at radius 1 is 1.24 bits per heavy atom. The largest absolute Gasteiger partial charge is 0.493 e. The van der Waals surface area contributed by atoms with E-state index in [9.17, 15) is 0 Å². The number of aromatic nitrogens is 3. The molecule has 1 heterocycles. The molecule has 1 aromatic carbocycles. The predicted octanol–water partition coefficient (Wildman–Crippen LogP) is 2.47. The summed E-state index contributed by atoms with van der Waals surface area (Å²) in [6, 6.07) is 5.90. The Balaban J connectivity index is 2.14. The molecule has 0 fully saturated rings. The minimum atomic E-state index is -0.0445. The quantitative estimate of drug-likeness (QED) is 0.884. The Morgan fingerprint density at radius 3 is 2.62 bits per heavy atom. The van der Waals surface area contributed by atoms with Gasteiger partial charge < -0.3 is 15.2 Å². The van der Waals surface area contributed by atoms with Gasteiger partial charge in [-0.25, -0.2) is 9.67 Å². The summed E-state index contributed by atoms with van der Waals surface area (Å²) in [7, 11) is 1.61. The number of rotatable bonds is 6. The Morgan fingerprint density at radius 2 is 2.00 bits per heavy atom. The van der Waals surface area contributed by atoms with Crippen molar-refractivity contribution in [2.45, 2.75) is 39.5 Å². The Bertz CT molecular complexity index is 593. The monoisotopic (exact) mass is 290 g/mol. The molecular weight excluding hydrogens is 268 g/mol. The fraction of sp³-hybridized carbons (Fsp3) is 0.467. The SMILES string of the molecule is COc1cc([C@@H](C)N)ccc1OCc1ncnn1C(C)C. The molecule has 21 heavy (non-hydrogen) atoms. The van der Waals surface area contributed by atoms with Crippen LogP contribution in [0.1, 0.15) is 44.2 Å². The molecule has 114 valence electrons. The summed E-state index contributed by atoms with van der Waals surface area (Å²) < 4.78 is 13.0. The average Bonchev–Trinajstić information content (AvgIpc) is 2.93. The van der Waals surface area contributed by atoms with Crippen LogP contribution in [0.4, 0.5) is 0 Å². The van der Waals surface area contributed by atoms with Crippen LogP contribution in [0.25, 0.3) is 0 Å². The number of nitrogens with zero attached hydrogens (tertiary/aromatic N) is 3. The van der Waals surface area contributed by atoms with Gasteiger partial charge in [0.05, 0.1) is 7.11 Å². The van der Waals surface area contributed by atoms with E-state index in [2.05, 4.69) is 23.9 Å². The Labute approximate surface area is 124 Å². The van der Waals surface area contributed by atoms with E-state index >= 15 is 0 Å². The lowest BCUT2D eigenvalue weighted by atomic mass is 10.1. The van der Waals surface area contributed by atoms with Crippen molar-refractivity contribution in [3.8, 4) is 11.5 Å². The van der Waals surface area contributed by atoms with Crippen molar-refractivity contribution in [3.05, 3.63) is 35.9 Å². The minimum absolute atomic E-state index is 0.0445. The zero-order chi connectivity index (χ0) is 15.4. The van der Waals surface area contributed by atoms with Crippen molar-refractivity contribution in [1.29, 1.82) is 0 Å². The van der Waals surface area contributed by atoms with Crippen molar-refractivity contribution in [2.24, 2.45) is 5.73 Å². The van der Waals surface area contributed by atoms with Gasteiger partial charge in [-0.05, 0) is 38.5 Å². The molecule has 0 unspecified atom stereocenters. The number of methoxy groups -OCH3 is 1. The van der Waals surface area contributed by atoms with Gasteiger partial charge in [0.1, 0.15) is 12.9 Å². The highest BCUT2D eigenvalue weighted by molar-refractivity contribution is 5.43. The molecule has 0 bridgehead atoms. The predicted molar refractivity (Wildman–Crippen MR) is 80.3 cm³/mol. The number of benzene rings is 1. The molecule has 0 spiro atoms. The first-order chi connectivity index (χ1) is 10.0. The smallest absolute Gasteiger partial charge is 0.165 e. The molecule has 0 aliphatic rings. The second-order valence-electron chi connectivity index (χ2n) is 5.20. The number of hydrogen-bond acceptors (Lipinski definition) is 5. The highest BCUT2D eigenvalue weighted by Crippen LogP contribution is 2.30. The molecule has 0 saturated carbocycles. The molecule has 6 heteroatoms. The third-order valence-electron chi connectivity index (χ3n) is 3.21. The summed E-state index contributed by atoms with van der Waals surface area (Å²) in [5.41, 5.74) is 6.88. The van der Waals surface area contributed by atoms with Crippen molar-refractivity contribution < 1.29 is 9.47 Å². The molecule has 0 aliphatic heterocycles. The van der Waals surface area contributed by atoms with Crippen LogP contribution in [0.3, 0.4) is 0 Å². The van der Waals surface area contributed by atoms with Gasteiger partial charge in [-0.2, -0.15) is 5.10 Å². The van der Waals surface area contributed by atoms with Crippen LogP contribution in [0, 0.1) is 0 Å². The van der Waals surface area contributed by atoms with E-state index in [0.29, 0.717) is 18.1 Å². The maximum atomic E-state index is 5.87. The summed E-state index contributed by atoms with van der Waals surface area (Å²) in [5.74, 6) is 2.11. The van der Waals surface area contributed by atoms with Gasteiger partial charge in [-0.3, -0.25) is 0 Å². The maximum absolute atomic E-state index is 5.87. The lowest BCUT2D eigenvalue weighted by molar-refractivity contribution is 0.266. The van der Waals surface area contributed by atoms with Crippen LogP contribution < -0.4 is 15.2 Å². The van der Waals surface area contributed by atoms with Crippen molar-refractivity contribution in [2.75, 3.05) is 7.11 Å². The Kier molecular flexibility index (Phi) is 4.80. The summed E-state index contributed by atoms with van der Waals surface area (Å²) >= 11 is 0. The van der Waals surface area contributed by atoms with Crippen LogP contribution in [0.5, 0.6) is 11.5 Å². The molecule has 0 saturated heterocycles. The van der Waals surface area contributed by atoms with E-state index in [1.165, 1.54) is 6.33 Å². The van der Waals surface area contributed by atoms with Crippen LogP contribution in [-0.2, 0) is 6.61 Å². The van der Waals surface area contributed by atoms with E-state index in [1.807, 2.05) is 29.8 Å². The third kappa shape index (κ3) is 3.52. The molecular formula is C15H22N4O2. The fourth-order valence-electron chi connectivity index (χ4n) is 2.04. The molecule has 2 rings (SSSR count). The number of ether oxygens (including phenoxy) is 2. The highest BCUT2D eigenvalue weighted by Gasteiger charge is 2.11. The molecule has 1 atom stereocenters. The topological polar surface area (TPSA) is 75.2 Å². The van der Waals surface area contributed by atoms with E-state index in [1.54, 1.807) is 7.11 Å². The molecule has 2 aromatic rings. The summed E-state index contributed by atoms with van der Waals surface area (Å²) in [5, 5.41) is 4.19. The second-order valence-corrected chi connectivity index (χ2v) is 5.20. The van der Waals surface area contributed by atoms with Crippen LogP contribution in [0.2, 0.25) is 0 Å². The van der Waals surface area contributed by atoms with Gasteiger partial charge >= 0.3 is 0 Å². The normalized spacial score (nSPS) is 12.5. The Hall–Kier alpha value is -2.08. The second kappa shape index (κ2) is 6.58. The summed E-state index contributed by atoms with van der Waals surface area (Å²) in [4.78, 5) is 4.22. The van der Waals surface area contributed by atoms with E-state index < -0.39 is 0 Å². The third-order valence-corrected chi connectivity index (χ3v) is 3.21. The lowest BCUT2D eigenvalue weighted by Gasteiger charge is -2.14. The first-order valence-electron chi connectivity index (χ1n) is 6.97. The summed E-state index contributed by atoms with van der Waals surface area (Å²) in [6.45, 7) is 6.37. The first-order valence-corrected chi connectivity index (χ1v) is 6.97. The number of nitrogens with two attached hydrogens (primary N) is 1. The molecule has 0 radical (unpaired) electrons. The molecule has 0 amide bonds. The van der Waals surface area contributed by atoms with Gasteiger partial charge in [-0.1, -0.05) is 6.07 Å². The van der Waals surface area contributed by atoms with E-state index in [0.717, 1.165) is 11.4 Å². The maximum Gasteiger partial charge on any atom is 0.165 e. The molecule has 0 aliphatic carbocycles. The van der Waals surface area contributed by atoms with E-state index in [-0.39, 0.29) is 12.1 Å². The minimum Gasteiger partial charge on any atom is -0.493 e. The van der Waals surface area contributed by atoms with E-state index in [4.69, 9.17) is 15.2 Å². The van der Waals surface area contributed by atoms with Crippen LogP contribution in [-0.4, -0.2) is 21.9 Å². The van der Waals surface area contributed by atoms with Crippen LogP contribution >= 0.6 is 0 Å². The van der Waals surface area contributed by atoms with Crippen LogP contribution in [0.15, 0.2) is 24.5 Å². The zero-order valence-electron chi connectivity index (χ0n) is 12.9. The fourth-order valence-corrected chi connectivity index (χ4v) is 2.04. The summed E-state index contributed by atoms with van der Waals surface area (Å²) in [6.07, 6.45) is 1.54. The zero-order valence-corrected chi connectivity index (χ0v) is 12.9. The first kappa shape index (κ1) is 15.3. The molecule has 1 aromatic heterocycles. The molecule has 6 nitrogen and oxygen atoms in total. The molecule has 2 N–H and O–H groups in total. The van der Waals surface area contributed by atoms with Crippen molar-refractivity contribution >= 4 is 0 Å². The van der Waals surface area contributed by atoms with Gasteiger partial charge in [0, 0.05) is 12.1 Å². The van der Waals surface area contributed by atoms with Crippen molar-refractivity contribution in [3.63, 3.8) is 0 Å². The lowest BCUT2D eigenvalue weighted by Crippen LogP contribution is -2.11. The highest BCUT2D eigenvalue weighted by atomic mass is 16.5. The van der Waals surface area contributed by atoms with Crippen molar-refractivity contribution in [1.82, 2.24) is 14.8 Å². The standard InChI is InChI=1S/C15H22N4O2/c1-10(2)19-15(17-9-18-19)8-21-13-6-5-12(11(3)16)7-14(13)20-4/h5-7,9-11H,8,16H2,1-4H3/t11-/m1/s1. The van der Waals surface area contributed by atoms with Gasteiger partial charge in [0.15, 0.2) is 17.3 Å². The number of hydrogen-bond donors (Lipinski definition) is 1. The average molecular weight is 290 g/mol. The van der Waals surface area contributed by atoms with Gasteiger partial charge in [0.2, 0.25) is 0 Å².